The summed E-state index contributed by atoms with van der Waals surface area (Å²) in [6.45, 7) is 6.79. The Morgan fingerprint density at radius 1 is 1.06 bits per heavy atom. The number of aromatic nitrogens is 6. The number of benzene rings is 1. The van der Waals surface area contributed by atoms with Crippen molar-refractivity contribution in [2.24, 2.45) is 5.92 Å². The zero-order valence-electron chi connectivity index (χ0n) is 18.5. The van der Waals surface area contributed by atoms with Crippen LogP contribution in [0.4, 0.5) is 10.1 Å². The smallest absolute Gasteiger partial charge is 0.157 e. The maximum Gasteiger partial charge on any atom is 0.157 e. The number of aryl methyl sites for hydroxylation is 1. The lowest BCUT2D eigenvalue weighted by molar-refractivity contribution is 0.544. The summed E-state index contributed by atoms with van der Waals surface area (Å²) in [5, 5.41) is 9.43. The maximum atomic E-state index is 13.4. The van der Waals surface area contributed by atoms with Crippen LogP contribution in [0.25, 0.3) is 17.1 Å². The third-order valence-electron chi connectivity index (χ3n) is 6.19. The number of rotatable bonds is 6. The molecule has 0 amide bonds. The van der Waals surface area contributed by atoms with Gasteiger partial charge in [-0.25, -0.2) is 19.0 Å². The Hall–Kier alpha value is -3.55. The molecule has 1 saturated carbocycles. The predicted octanol–water partition coefficient (Wildman–Crippen LogP) is 4.17. The molecule has 32 heavy (non-hydrogen) atoms. The normalized spacial score (nSPS) is 13.6. The van der Waals surface area contributed by atoms with Crippen molar-refractivity contribution >= 4 is 5.69 Å². The standard InChI is InChI=1S/C24H26FN7/c1-14-21(10-20-11-22(28-13-27-20)32-16(3)23(26)15(2)29-32)31(12-17-4-5-17)30-24(14)18-6-8-19(25)9-7-18/h6-9,11,13,17H,4-5,10,12,26H2,1-3H3. The summed E-state index contributed by atoms with van der Waals surface area (Å²) in [6.07, 6.45) is 4.66. The van der Waals surface area contributed by atoms with Gasteiger partial charge in [-0.15, -0.1) is 0 Å². The molecule has 0 bridgehead atoms. The molecule has 0 radical (unpaired) electrons. The van der Waals surface area contributed by atoms with Crippen molar-refractivity contribution in [3.63, 3.8) is 0 Å². The quantitative estimate of drug-likeness (QED) is 0.495. The Kier molecular flexibility index (Phi) is 5.00. The molecule has 1 fully saturated rings. The zero-order chi connectivity index (χ0) is 22.4. The number of nitrogen functional groups attached to an aromatic ring is 1. The molecular formula is C24H26FN7. The van der Waals surface area contributed by atoms with Gasteiger partial charge in [0.25, 0.3) is 0 Å². The summed E-state index contributed by atoms with van der Waals surface area (Å²) in [6, 6.07) is 8.47. The molecular weight excluding hydrogens is 405 g/mol. The average molecular weight is 432 g/mol. The Balaban J connectivity index is 1.52. The van der Waals surface area contributed by atoms with E-state index in [2.05, 4.69) is 26.7 Å². The van der Waals surface area contributed by atoms with Crippen molar-refractivity contribution in [3.05, 3.63) is 70.8 Å². The number of halogens is 1. The third kappa shape index (κ3) is 3.77. The molecule has 0 aliphatic heterocycles. The van der Waals surface area contributed by atoms with Crippen LogP contribution in [0.1, 0.15) is 41.2 Å². The molecule has 3 heterocycles. The summed E-state index contributed by atoms with van der Waals surface area (Å²) < 4.78 is 17.3. The summed E-state index contributed by atoms with van der Waals surface area (Å²) in [4.78, 5) is 8.92. The molecule has 0 spiro atoms. The zero-order valence-corrected chi connectivity index (χ0v) is 18.5. The minimum atomic E-state index is -0.248. The van der Waals surface area contributed by atoms with Gasteiger partial charge in [-0.3, -0.25) is 4.68 Å². The van der Waals surface area contributed by atoms with E-state index < -0.39 is 0 Å². The highest BCUT2D eigenvalue weighted by molar-refractivity contribution is 5.64. The number of nitrogens with zero attached hydrogens (tertiary/aromatic N) is 6. The Bertz CT molecular complexity index is 1280. The van der Waals surface area contributed by atoms with Gasteiger partial charge in [0.05, 0.1) is 28.5 Å². The fourth-order valence-electron chi connectivity index (χ4n) is 4.04. The van der Waals surface area contributed by atoms with Crippen molar-refractivity contribution in [2.45, 2.75) is 46.6 Å². The lowest BCUT2D eigenvalue weighted by Gasteiger charge is -2.09. The first kappa shape index (κ1) is 20.4. The third-order valence-corrected chi connectivity index (χ3v) is 6.19. The maximum absolute atomic E-state index is 13.4. The van der Waals surface area contributed by atoms with E-state index in [9.17, 15) is 4.39 Å². The molecule has 4 aromatic rings. The molecule has 3 aromatic heterocycles. The highest BCUT2D eigenvalue weighted by atomic mass is 19.1. The van der Waals surface area contributed by atoms with Gasteiger partial charge in [0.15, 0.2) is 5.82 Å². The lowest BCUT2D eigenvalue weighted by atomic mass is 10.0. The van der Waals surface area contributed by atoms with Gasteiger partial charge in [0.2, 0.25) is 0 Å². The molecule has 1 aliphatic rings. The first-order valence-electron chi connectivity index (χ1n) is 10.9. The van der Waals surface area contributed by atoms with Gasteiger partial charge < -0.3 is 5.73 Å². The Labute approximate surface area is 186 Å². The van der Waals surface area contributed by atoms with Crippen LogP contribution in [-0.4, -0.2) is 29.5 Å². The van der Waals surface area contributed by atoms with Gasteiger partial charge in [-0.1, -0.05) is 0 Å². The van der Waals surface area contributed by atoms with Gasteiger partial charge in [0, 0.05) is 30.3 Å². The first-order valence-corrected chi connectivity index (χ1v) is 10.9. The number of anilines is 1. The fraction of sp³-hybridized carbons (Fsp3) is 0.333. The minimum absolute atomic E-state index is 0.248. The van der Waals surface area contributed by atoms with E-state index in [1.807, 2.05) is 19.9 Å². The molecule has 5 rings (SSSR count). The van der Waals surface area contributed by atoms with Crippen molar-refractivity contribution in [1.29, 1.82) is 0 Å². The first-order chi connectivity index (χ1) is 15.4. The molecule has 8 heteroatoms. The number of nitrogens with two attached hydrogens (primary N) is 1. The second kappa shape index (κ2) is 7.85. The van der Waals surface area contributed by atoms with E-state index in [1.54, 1.807) is 23.1 Å². The van der Waals surface area contributed by atoms with Gasteiger partial charge in [-0.2, -0.15) is 10.2 Å². The Morgan fingerprint density at radius 2 is 1.81 bits per heavy atom. The summed E-state index contributed by atoms with van der Waals surface area (Å²) in [7, 11) is 0. The largest absolute Gasteiger partial charge is 0.396 e. The van der Waals surface area contributed by atoms with E-state index in [0.29, 0.717) is 23.8 Å². The summed E-state index contributed by atoms with van der Waals surface area (Å²) >= 11 is 0. The molecule has 164 valence electrons. The molecule has 1 aromatic carbocycles. The summed E-state index contributed by atoms with van der Waals surface area (Å²) in [5.41, 5.74) is 13.3. The van der Waals surface area contributed by atoms with Crippen LogP contribution in [0, 0.1) is 32.5 Å². The second-order valence-electron chi connectivity index (χ2n) is 8.59. The van der Waals surface area contributed by atoms with Crippen molar-refractivity contribution in [2.75, 3.05) is 5.73 Å². The van der Waals surface area contributed by atoms with Gasteiger partial charge in [0.1, 0.15) is 12.1 Å². The molecule has 7 nitrogen and oxygen atoms in total. The van der Waals surface area contributed by atoms with Crippen LogP contribution in [0.3, 0.4) is 0 Å². The van der Waals surface area contributed by atoms with E-state index in [1.165, 1.54) is 25.0 Å². The van der Waals surface area contributed by atoms with E-state index in [4.69, 9.17) is 10.8 Å². The lowest BCUT2D eigenvalue weighted by Crippen LogP contribution is -2.10. The van der Waals surface area contributed by atoms with E-state index in [0.717, 1.165) is 46.1 Å². The second-order valence-corrected chi connectivity index (χ2v) is 8.59. The molecule has 0 saturated heterocycles. The van der Waals surface area contributed by atoms with Crippen LogP contribution in [-0.2, 0) is 13.0 Å². The van der Waals surface area contributed by atoms with Crippen LogP contribution < -0.4 is 5.73 Å². The fourth-order valence-corrected chi connectivity index (χ4v) is 4.04. The Morgan fingerprint density at radius 3 is 2.47 bits per heavy atom. The molecule has 1 aliphatic carbocycles. The van der Waals surface area contributed by atoms with Crippen molar-refractivity contribution < 1.29 is 4.39 Å². The SMILES string of the molecule is Cc1nn(-c2cc(Cc3c(C)c(-c4ccc(F)cc4)nn3CC3CC3)ncn2)c(C)c1N. The molecule has 0 atom stereocenters. The van der Waals surface area contributed by atoms with Gasteiger partial charge in [-0.05, 0) is 69.4 Å². The van der Waals surface area contributed by atoms with E-state index in [-0.39, 0.29) is 5.82 Å². The average Bonchev–Trinajstić information content (AvgIpc) is 3.51. The van der Waals surface area contributed by atoms with Crippen LogP contribution in [0.15, 0.2) is 36.7 Å². The van der Waals surface area contributed by atoms with Crippen LogP contribution in [0.5, 0.6) is 0 Å². The predicted molar refractivity (Wildman–Crippen MR) is 121 cm³/mol. The molecule has 2 N–H and O–H groups in total. The monoisotopic (exact) mass is 431 g/mol. The van der Waals surface area contributed by atoms with E-state index >= 15 is 0 Å². The highest BCUT2D eigenvalue weighted by Crippen LogP contribution is 2.33. The number of hydrogen-bond donors (Lipinski definition) is 1. The topological polar surface area (TPSA) is 87.4 Å². The number of hydrogen-bond acceptors (Lipinski definition) is 5. The van der Waals surface area contributed by atoms with Gasteiger partial charge >= 0.3 is 0 Å². The highest BCUT2D eigenvalue weighted by Gasteiger charge is 2.25. The summed E-state index contributed by atoms with van der Waals surface area (Å²) in [5.74, 6) is 1.12. The van der Waals surface area contributed by atoms with Crippen LogP contribution in [0.2, 0.25) is 0 Å². The van der Waals surface area contributed by atoms with Crippen molar-refractivity contribution in [3.8, 4) is 17.1 Å². The van der Waals surface area contributed by atoms with Crippen LogP contribution >= 0.6 is 0 Å². The minimum Gasteiger partial charge on any atom is -0.396 e. The van der Waals surface area contributed by atoms with Crippen molar-refractivity contribution in [1.82, 2.24) is 29.5 Å². The molecule has 0 unspecified atom stereocenters.